The molecule has 2 aromatic heterocycles. The van der Waals surface area contributed by atoms with E-state index >= 15 is 0 Å². The lowest BCUT2D eigenvalue weighted by Gasteiger charge is -2.32. The van der Waals surface area contributed by atoms with Crippen molar-refractivity contribution in [3.63, 3.8) is 0 Å². The number of aromatic nitrogens is 4. The van der Waals surface area contributed by atoms with Gasteiger partial charge < -0.3 is 29.1 Å². The standard InChI is InChI=1S/C14H21N3O4.C12H17N3O4/c1-5-20-12(18)10-8-17(13(19)21-14(2,3)4)7-9-6-15-16-11(9)10;1-12(2,3)19-11(18)15-5-7-4-13-14-9(7)8(6-15)10(16)17/h6,10H,5,7-8H2,1-4H3,(H,15,16);4,8H,5-6H2,1-3H3,(H,13,14)(H,16,17). The van der Waals surface area contributed by atoms with Crippen LogP contribution in [0.5, 0.6) is 0 Å². The maximum atomic E-state index is 12.2. The maximum Gasteiger partial charge on any atom is 0.410 e. The Morgan fingerprint density at radius 2 is 1.27 bits per heavy atom. The molecule has 0 spiro atoms. The summed E-state index contributed by atoms with van der Waals surface area (Å²) in [5, 5.41) is 22.5. The van der Waals surface area contributed by atoms with Gasteiger partial charge in [-0.15, -0.1) is 0 Å². The molecule has 3 N–H and O–H groups in total. The number of rotatable bonds is 3. The number of aromatic amines is 2. The molecule has 0 fully saturated rings. The molecular weight excluding hydrogens is 524 g/mol. The van der Waals surface area contributed by atoms with Crippen LogP contribution < -0.4 is 0 Å². The Kier molecular flexibility index (Phi) is 9.10. The lowest BCUT2D eigenvalue weighted by atomic mass is 9.97. The van der Waals surface area contributed by atoms with Crippen LogP contribution in [0.1, 0.15) is 82.8 Å². The van der Waals surface area contributed by atoms with Gasteiger partial charge in [0.15, 0.2) is 0 Å². The molecule has 0 bridgehead atoms. The van der Waals surface area contributed by atoms with Gasteiger partial charge in [-0.25, -0.2) is 9.59 Å². The third kappa shape index (κ3) is 7.73. The zero-order valence-electron chi connectivity index (χ0n) is 23.9. The Hall–Kier alpha value is -4.10. The van der Waals surface area contributed by atoms with Crippen LogP contribution in [0.3, 0.4) is 0 Å². The van der Waals surface area contributed by atoms with Crippen molar-refractivity contribution < 1.29 is 38.5 Å². The van der Waals surface area contributed by atoms with Crippen LogP contribution in [0.25, 0.3) is 0 Å². The van der Waals surface area contributed by atoms with Crippen molar-refractivity contribution in [2.45, 2.75) is 84.6 Å². The fourth-order valence-electron chi connectivity index (χ4n) is 4.23. The average molecular weight is 563 g/mol. The van der Waals surface area contributed by atoms with Crippen LogP contribution >= 0.6 is 0 Å². The first kappa shape index (κ1) is 30.4. The molecule has 2 unspecified atom stereocenters. The summed E-state index contributed by atoms with van der Waals surface area (Å²) >= 11 is 0. The number of carbonyl (C=O) groups excluding carboxylic acids is 3. The fraction of sp³-hybridized carbons (Fsp3) is 0.615. The highest BCUT2D eigenvalue weighted by atomic mass is 16.6. The van der Waals surface area contributed by atoms with Gasteiger partial charge in [-0.2, -0.15) is 10.2 Å². The fourth-order valence-corrected chi connectivity index (χ4v) is 4.23. The Morgan fingerprint density at radius 3 is 1.68 bits per heavy atom. The second-order valence-electron chi connectivity index (χ2n) is 11.5. The first-order valence-corrected chi connectivity index (χ1v) is 13.0. The Balaban J connectivity index is 0.000000222. The number of fused-ring (bicyclic) bond motifs is 2. The van der Waals surface area contributed by atoms with E-state index in [1.807, 2.05) is 0 Å². The molecule has 220 valence electrons. The van der Waals surface area contributed by atoms with E-state index in [9.17, 15) is 24.3 Å². The monoisotopic (exact) mass is 562 g/mol. The molecule has 0 radical (unpaired) electrons. The van der Waals surface area contributed by atoms with Crippen LogP contribution in [0.15, 0.2) is 12.4 Å². The number of nitrogens with zero attached hydrogens (tertiary/aromatic N) is 4. The molecule has 2 atom stereocenters. The largest absolute Gasteiger partial charge is 0.481 e. The maximum absolute atomic E-state index is 12.2. The van der Waals surface area contributed by atoms with Gasteiger partial charge in [-0.05, 0) is 48.5 Å². The summed E-state index contributed by atoms with van der Waals surface area (Å²) in [6.07, 6.45) is 2.22. The van der Waals surface area contributed by atoms with Crippen molar-refractivity contribution in [1.29, 1.82) is 0 Å². The molecule has 0 aromatic carbocycles. The van der Waals surface area contributed by atoms with Gasteiger partial charge >= 0.3 is 24.1 Å². The minimum absolute atomic E-state index is 0.0828. The van der Waals surface area contributed by atoms with E-state index in [0.29, 0.717) is 36.6 Å². The van der Waals surface area contributed by atoms with E-state index < -0.39 is 41.2 Å². The first-order chi connectivity index (χ1) is 18.6. The number of carboxylic acids is 1. The highest BCUT2D eigenvalue weighted by Crippen LogP contribution is 2.29. The van der Waals surface area contributed by atoms with Crippen LogP contribution in [0, 0.1) is 0 Å². The number of carbonyl (C=O) groups is 4. The summed E-state index contributed by atoms with van der Waals surface area (Å²) in [4.78, 5) is 50.4. The molecule has 2 aromatic rings. The topological polar surface area (TPSA) is 180 Å². The van der Waals surface area contributed by atoms with E-state index in [0.717, 1.165) is 5.56 Å². The van der Waals surface area contributed by atoms with Crippen molar-refractivity contribution in [3.8, 4) is 0 Å². The van der Waals surface area contributed by atoms with Gasteiger partial charge in [0.1, 0.15) is 23.0 Å². The minimum atomic E-state index is -0.987. The Bertz CT molecular complexity index is 1220. The molecule has 2 aliphatic heterocycles. The zero-order chi connectivity index (χ0) is 29.8. The second-order valence-corrected chi connectivity index (χ2v) is 11.5. The molecular formula is C26H38N6O8. The predicted octanol–water partition coefficient (Wildman–Crippen LogP) is 3.14. The first-order valence-electron chi connectivity index (χ1n) is 13.0. The quantitative estimate of drug-likeness (QED) is 0.371. The molecule has 14 nitrogen and oxygen atoms in total. The van der Waals surface area contributed by atoms with Crippen molar-refractivity contribution >= 4 is 24.1 Å². The number of esters is 1. The van der Waals surface area contributed by atoms with Crippen LogP contribution in [-0.4, -0.2) is 90.3 Å². The summed E-state index contributed by atoms with van der Waals surface area (Å²) in [7, 11) is 0. The third-order valence-electron chi connectivity index (χ3n) is 5.90. The zero-order valence-corrected chi connectivity index (χ0v) is 23.9. The number of H-pyrrole nitrogens is 2. The van der Waals surface area contributed by atoms with Gasteiger partial charge in [0.25, 0.3) is 0 Å². The Morgan fingerprint density at radius 1 is 0.850 bits per heavy atom. The number of carboxylic acid groups (broad SMARTS) is 1. The molecule has 2 amide bonds. The van der Waals surface area contributed by atoms with Crippen LogP contribution in [-0.2, 0) is 36.9 Å². The van der Waals surface area contributed by atoms with Gasteiger partial charge in [-0.1, -0.05) is 0 Å². The lowest BCUT2D eigenvalue weighted by Crippen LogP contribution is -2.43. The highest BCUT2D eigenvalue weighted by Gasteiger charge is 2.37. The van der Waals surface area contributed by atoms with E-state index in [1.165, 1.54) is 9.80 Å². The number of nitrogens with one attached hydrogen (secondary N) is 2. The number of amides is 2. The second kappa shape index (κ2) is 12.0. The molecule has 4 rings (SSSR count). The van der Waals surface area contributed by atoms with Crippen molar-refractivity contribution in [1.82, 2.24) is 30.2 Å². The van der Waals surface area contributed by atoms with E-state index in [-0.39, 0.29) is 19.1 Å². The molecule has 0 saturated carbocycles. The molecule has 4 heterocycles. The summed E-state index contributed by atoms with van der Waals surface area (Å²) in [6, 6.07) is 0. The summed E-state index contributed by atoms with van der Waals surface area (Å²) in [5.41, 5.74) is 1.62. The SMILES string of the molecule is CC(C)(C)OC(=O)N1Cc2cn[nH]c2C(C(=O)O)C1.CCOC(=O)C1CN(C(=O)OC(C)(C)C)Cc2cn[nH]c21. The summed E-state index contributed by atoms with van der Waals surface area (Å²) in [6.45, 7) is 13.8. The normalized spacial score (nSPS) is 18.5. The summed E-state index contributed by atoms with van der Waals surface area (Å²) in [5.74, 6) is -2.70. The smallest absolute Gasteiger partial charge is 0.410 e. The third-order valence-corrected chi connectivity index (χ3v) is 5.90. The average Bonchev–Trinajstić information content (AvgIpc) is 3.50. The van der Waals surface area contributed by atoms with Gasteiger partial charge in [0.2, 0.25) is 0 Å². The number of hydrogen-bond acceptors (Lipinski definition) is 9. The molecule has 40 heavy (non-hydrogen) atoms. The van der Waals surface area contributed by atoms with E-state index in [2.05, 4.69) is 20.4 Å². The Labute approximate surface area is 232 Å². The number of aliphatic carboxylic acids is 1. The number of hydrogen-bond donors (Lipinski definition) is 3. The van der Waals surface area contributed by atoms with Gasteiger partial charge in [0.05, 0.1) is 43.5 Å². The van der Waals surface area contributed by atoms with Crippen LogP contribution in [0.4, 0.5) is 9.59 Å². The number of ether oxygens (including phenoxy) is 3. The van der Waals surface area contributed by atoms with Gasteiger partial charge in [-0.3, -0.25) is 19.8 Å². The van der Waals surface area contributed by atoms with Crippen LogP contribution in [0.2, 0.25) is 0 Å². The van der Waals surface area contributed by atoms with Crippen molar-refractivity contribution in [3.05, 3.63) is 34.9 Å². The predicted molar refractivity (Wildman–Crippen MR) is 140 cm³/mol. The minimum Gasteiger partial charge on any atom is -0.481 e. The van der Waals surface area contributed by atoms with Gasteiger partial charge in [0, 0.05) is 24.2 Å². The molecule has 2 aliphatic rings. The molecule has 0 aliphatic carbocycles. The van der Waals surface area contributed by atoms with Crippen molar-refractivity contribution in [2.24, 2.45) is 0 Å². The molecule has 14 heteroatoms. The van der Waals surface area contributed by atoms with E-state index in [1.54, 1.807) is 60.9 Å². The molecule has 0 saturated heterocycles. The summed E-state index contributed by atoms with van der Waals surface area (Å²) < 4.78 is 15.7. The lowest BCUT2D eigenvalue weighted by molar-refractivity contribution is -0.146. The van der Waals surface area contributed by atoms with Crippen molar-refractivity contribution in [2.75, 3.05) is 19.7 Å². The highest BCUT2D eigenvalue weighted by molar-refractivity contribution is 5.80. The van der Waals surface area contributed by atoms with E-state index in [4.69, 9.17) is 14.2 Å².